The minimum Gasteiger partial charge on any atom is -0.354 e. The molecule has 102 valence electrons. The van der Waals surface area contributed by atoms with Crippen molar-refractivity contribution in [1.82, 2.24) is 4.98 Å². The zero-order valence-corrected chi connectivity index (χ0v) is 12.0. The van der Waals surface area contributed by atoms with Gasteiger partial charge in [0.05, 0.1) is 16.8 Å². The number of nitrogens with one attached hydrogen (secondary N) is 1. The zero-order chi connectivity index (χ0) is 14.8. The van der Waals surface area contributed by atoms with E-state index in [-0.39, 0.29) is 0 Å². The highest BCUT2D eigenvalue weighted by atomic mass is 14.9. The van der Waals surface area contributed by atoms with Gasteiger partial charge in [-0.25, -0.2) is 0 Å². The van der Waals surface area contributed by atoms with Gasteiger partial charge in [-0.3, -0.25) is 4.98 Å². The molecule has 2 aromatic carbocycles. The Morgan fingerprint density at radius 3 is 2.67 bits per heavy atom. The molecular formula is C18H15N3. The van der Waals surface area contributed by atoms with E-state index < -0.39 is 0 Å². The summed E-state index contributed by atoms with van der Waals surface area (Å²) >= 11 is 0. The van der Waals surface area contributed by atoms with Gasteiger partial charge in [-0.05, 0) is 43.7 Å². The maximum atomic E-state index is 9.20. The molecule has 0 unspecified atom stereocenters. The highest BCUT2D eigenvalue weighted by molar-refractivity contribution is 5.95. The van der Waals surface area contributed by atoms with Crippen LogP contribution in [0.1, 0.15) is 16.7 Å². The summed E-state index contributed by atoms with van der Waals surface area (Å²) in [7, 11) is 0. The van der Waals surface area contributed by atoms with Gasteiger partial charge < -0.3 is 5.32 Å². The van der Waals surface area contributed by atoms with Crippen molar-refractivity contribution >= 4 is 22.3 Å². The lowest BCUT2D eigenvalue weighted by Crippen LogP contribution is -1.96. The third-order valence-corrected chi connectivity index (χ3v) is 3.50. The van der Waals surface area contributed by atoms with Crippen LogP contribution in [0.4, 0.5) is 11.4 Å². The van der Waals surface area contributed by atoms with Gasteiger partial charge in [-0.15, -0.1) is 0 Å². The lowest BCUT2D eigenvalue weighted by Gasteiger charge is -2.12. The molecule has 1 N–H and O–H groups in total. The Morgan fingerprint density at radius 2 is 1.86 bits per heavy atom. The molecule has 0 amide bonds. The summed E-state index contributed by atoms with van der Waals surface area (Å²) in [4.78, 5) is 4.46. The molecule has 0 aliphatic carbocycles. The van der Waals surface area contributed by atoms with Gasteiger partial charge in [0, 0.05) is 17.3 Å². The predicted molar refractivity (Wildman–Crippen MR) is 85.7 cm³/mol. The van der Waals surface area contributed by atoms with E-state index in [9.17, 15) is 5.26 Å². The summed E-state index contributed by atoms with van der Waals surface area (Å²) in [6, 6.07) is 15.9. The number of nitrogens with zero attached hydrogens (tertiary/aromatic N) is 2. The molecule has 0 bridgehead atoms. The highest BCUT2D eigenvalue weighted by Gasteiger charge is 2.07. The molecule has 1 heterocycles. The molecule has 3 heteroatoms. The number of aromatic nitrogens is 1. The van der Waals surface area contributed by atoms with Crippen molar-refractivity contribution in [2.75, 3.05) is 5.32 Å². The first kappa shape index (κ1) is 13.1. The topological polar surface area (TPSA) is 48.7 Å². The van der Waals surface area contributed by atoms with E-state index in [0.29, 0.717) is 5.56 Å². The molecule has 21 heavy (non-hydrogen) atoms. The zero-order valence-electron chi connectivity index (χ0n) is 12.0. The van der Waals surface area contributed by atoms with Crippen LogP contribution in [-0.2, 0) is 0 Å². The first-order valence-electron chi connectivity index (χ1n) is 6.81. The van der Waals surface area contributed by atoms with Gasteiger partial charge in [-0.1, -0.05) is 23.8 Å². The standard InChI is InChI=1S/C18H15N3/c1-12-9-13(2)18-15(10-12)17(7-8-20-18)21-16-6-4-3-5-14(16)11-19/h3-10H,1-2H3,(H,20,21). The van der Waals surface area contributed by atoms with E-state index in [0.717, 1.165) is 27.8 Å². The second-order valence-corrected chi connectivity index (χ2v) is 5.12. The Bertz CT molecular complexity index is 860. The van der Waals surface area contributed by atoms with Gasteiger partial charge in [0.2, 0.25) is 0 Å². The molecule has 3 nitrogen and oxygen atoms in total. The molecule has 0 aliphatic heterocycles. The molecule has 0 fully saturated rings. The minimum absolute atomic E-state index is 0.631. The van der Waals surface area contributed by atoms with E-state index >= 15 is 0 Å². The van der Waals surface area contributed by atoms with E-state index in [2.05, 4.69) is 42.4 Å². The normalized spacial score (nSPS) is 10.3. The SMILES string of the molecule is Cc1cc(C)c2nccc(Nc3ccccc3C#N)c2c1. The minimum atomic E-state index is 0.631. The molecule has 0 saturated heterocycles. The van der Waals surface area contributed by atoms with Crippen molar-refractivity contribution in [3.8, 4) is 6.07 Å². The maximum absolute atomic E-state index is 9.20. The van der Waals surface area contributed by atoms with Crippen LogP contribution >= 0.6 is 0 Å². The summed E-state index contributed by atoms with van der Waals surface area (Å²) in [5.74, 6) is 0. The first-order chi connectivity index (χ1) is 10.2. The average molecular weight is 273 g/mol. The lowest BCUT2D eigenvalue weighted by molar-refractivity contribution is 1.34. The van der Waals surface area contributed by atoms with Crippen LogP contribution in [0.25, 0.3) is 10.9 Å². The Hall–Kier alpha value is -2.86. The second-order valence-electron chi connectivity index (χ2n) is 5.12. The highest BCUT2D eigenvalue weighted by Crippen LogP contribution is 2.29. The number of rotatable bonds is 2. The second kappa shape index (κ2) is 5.26. The van der Waals surface area contributed by atoms with Crippen molar-refractivity contribution in [3.63, 3.8) is 0 Å². The van der Waals surface area contributed by atoms with Crippen LogP contribution in [0.15, 0.2) is 48.7 Å². The molecule has 0 radical (unpaired) electrons. The third-order valence-electron chi connectivity index (χ3n) is 3.50. The molecule has 1 aromatic heterocycles. The fourth-order valence-electron chi connectivity index (χ4n) is 2.56. The number of aryl methyl sites for hydroxylation is 2. The molecular weight excluding hydrogens is 258 g/mol. The fraction of sp³-hybridized carbons (Fsp3) is 0.111. The molecule has 0 spiro atoms. The number of nitriles is 1. The van der Waals surface area contributed by atoms with E-state index in [1.54, 1.807) is 6.20 Å². The van der Waals surface area contributed by atoms with Gasteiger partial charge in [0.1, 0.15) is 6.07 Å². The van der Waals surface area contributed by atoms with Crippen LogP contribution in [0, 0.1) is 25.2 Å². The van der Waals surface area contributed by atoms with Gasteiger partial charge in [0.25, 0.3) is 0 Å². The van der Waals surface area contributed by atoms with Crippen molar-refractivity contribution in [1.29, 1.82) is 5.26 Å². The summed E-state index contributed by atoms with van der Waals surface area (Å²) in [5, 5.41) is 13.6. The largest absolute Gasteiger partial charge is 0.354 e. The molecule has 0 atom stereocenters. The Morgan fingerprint density at radius 1 is 1.05 bits per heavy atom. The van der Waals surface area contributed by atoms with Gasteiger partial charge in [-0.2, -0.15) is 5.26 Å². The van der Waals surface area contributed by atoms with Crippen LogP contribution in [0.2, 0.25) is 0 Å². The number of hydrogen-bond acceptors (Lipinski definition) is 3. The summed E-state index contributed by atoms with van der Waals surface area (Å²) < 4.78 is 0. The van der Waals surface area contributed by atoms with Gasteiger partial charge in [0.15, 0.2) is 0 Å². The quantitative estimate of drug-likeness (QED) is 0.749. The number of hydrogen-bond donors (Lipinski definition) is 1. The fourth-order valence-corrected chi connectivity index (χ4v) is 2.56. The van der Waals surface area contributed by atoms with Crippen molar-refractivity contribution in [3.05, 3.63) is 65.4 Å². The van der Waals surface area contributed by atoms with Crippen LogP contribution in [-0.4, -0.2) is 4.98 Å². The Kier molecular flexibility index (Phi) is 3.29. The number of pyridine rings is 1. The first-order valence-corrected chi connectivity index (χ1v) is 6.81. The van der Waals surface area contributed by atoms with Crippen molar-refractivity contribution < 1.29 is 0 Å². The lowest BCUT2D eigenvalue weighted by atomic mass is 10.1. The maximum Gasteiger partial charge on any atom is 0.101 e. The number of para-hydroxylation sites is 1. The van der Waals surface area contributed by atoms with E-state index in [1.165, 1.54) is 5.56 Å². The van der Waals surface area contributed by atoms with Crippen LogP contribution < -0.4 is 5.32 Å². The summed E-state index contributed by atoms with van der Waals surface area (Å²) in [6.07, 6.45) is 1.79. The number of benzene rings is 2. The Labute approximate surface area is 123 Å². The van der Waals surface area contributed by atoms with E-state index in [1.807, 2.05) is 30.3 Å². The molecule has 0 aliphatic rings. The monoisotopic (exact) mass is 273 g/mol. The van der Waals surface area contributed by atoms with Crippen LogP contribution in [0.5, 0.6) is 0 Å². The number of anilines is 2. The molecule has 3 rings (SSSR count). The molecule has 0 saturated carbocycles. The van der Waals surface area contributed by atoms with Crippen molar-refractivity contribution in [2.24, 2.45) is 0 Å². The molecule has 3 aromatic rings. The summed E-state index contributed by atoms with van der Waals surface area (Å²) in [6.45, 7) is 4.14. The summed E-state index contributed by atoms with van der Waals surface area (Å²) in [5.41, 5.74) is 5.75. The third kappa shape index (κ3) is 2.44. The van der Waals surface area contributed by atoms with Crippen LogP contribution in [0.3, 0.4) is 0 Å². The Balaban J connectivity index is 2.16. The van der Waals surface area contributed by atoms with E-state index in [4.69, 9.17) is 0 Å². The van der Waals surface area contributed by atoms with Gasteiger partial charge >= 0.3 is 0 Å². The number of fused-ring (bicyclic) bond motifs is 1. The average Bonchev–Trinajstić information content (AvgIpc) is 2.48. The smallest absolute Gasteiger partial charge is 0.101 e. The predicted octanol–water partition coefficient (Wildman–Crippen LogP) is 4.47. The van der Waals surface area contributed by atoms with Crippen molar-refractivity contribution in [2.45, 2.75) is 13.8 Å².